The summed E-state index contributed by atoms with van der Waals surface area (Å²) in [6.07, 6.45) is -1.16. The number of thiophene rings is 1. The van der Waals surface area contributed by atoms with Crippen molar-refractivity contribution in [3.8, 4) is 5.75 Å². The number of carbonyl (C=O) groups is 1. The predicted molar refractivity (Wildman–Crippen MR) is 104 cm³/mol. The monoisotopic (exact) mass is 445 g/mol. The Balaban J connectivity index is 2.14. The van der Waals surface area contributed by atoms with E-state index in [2.05, 4.69) is 0 Å². The summed E-state index contributed by atoms with van der Waals surface area (Å²) < 4.78 is 62.5. The van der Waals surface area contributed by atoms with Crippen LogP contribution in [0.25, 0.3) is 0 Å². The first-order chi connectivity index (χ1) is 13.2. The lowest BCUT2D eigenvalue weighted by Gasteiger charge is -2.34. The number of sulfonamides is 1. The van der Waals surface area contributed by atoms with E-state index in [9.17, 15) is 21.6 Å². The molecular formula is C17H19NO7S3. The third kappa shape index (κ3) is 3.74. The summed E-state index contributed by atoms with van der Waals surface area (Å²) in [7, 11) is -7.57. The van der Waals surface area contributed by atoms with Crippen molar-refractivity contribution < 1.29 is 31.1 Å². The molecule has 1 aromatic carbocycles. The molecule has 0 bridgehead atoms. The Kier molecular flexibility index (Phi) is 5.69. The maximum absolute atomic E-state index is 13.1. The predicted octanol–water partition coefficient (Wildman–Crippen LogP) is 2.06. The summed E-state index contributed by atoms with van der Waals surface area (Å²) in [4.78, 5) is 12.2. The van der Waals surface area contributed by atoms with Gasteiger partial charge in [0.1, 0.15) is 9.96 Å². The molecule has 28 heavy (non-hydrogen) atoms. The zero-order chi connectivity index (χ0) is 20.5. The first kappa shape index (κ1) is 20.6. The molecule has 11 heteroatoms. The third-order valence-corrected chi connectivity index (χ3v) is 9.01. The first-order valence-corrected chi connectivity index (χ1v) is 12.4. The van der Waals surface area contributed by atoms with Gasteiger partial charge in [0, 0.05) is 0 Å². The van der Waals surface area contributed by atoms with E-state index >= 15 is 0 Å². The lowest BCUT2D eigenvalue weighted by Crippen LogP contribution is -2.47. The van der Waals surface area contributed by atoms with E-state index in [1.54, 1.807) is 18.4 Å². The summed E-state index contributed by atoms with van der Waals surface area (Å²) in [5, 5.41) is 1.62. The fourth-order valence-corrected chi connectivity index (χ4v) is 6.17. The van der Waals surface area contributed by atoms with Gasteiger partial charge in [-0.2, -0.15) is 0 Å². The SMILES string of the molecule is CCOC(=O)[C@@H]1CN(S(=O)(=O)c2cccs2)c2cc(S(=O)(=O)CC)ccc2O1. The molecule has 0 saturated carbocycles. The molecular weight excluding hydrogens is 426 g/mol. The molecule has 1 aromatic heterocycles. The van der Waals surface area contributed by atoms with Crippen LogP contribution in [0.15, 0.2) is 44.8 Å². The van der Waals surface area contributed by atoms with Crippen molar-refractivity contribution in [1.29, 1.82) is 0 Å². The molecule has 8 nitrogen and oxygen atoms in total. The molecule has 0 unspecified atom stereocenters. The number of benzene rings is 1. The Hall–Kier alpha value is -2.11. The molecule has 0 fully saturated rings. The zero-order valence-corrected chi connectivity index (χ0v) is 17.6. The Morgan fingerprint density at radius 1 is 1.25 bits per heavy atom. The Morgan fingerprint density at radius 2 is 2.00 bits per heavy atom. The van der Waals surface area contributed by atoms with Crippen molar-refractivity contribution in [1.82, 2.24) is 0 Å². The fourth-order valence-electron chi connectivity index (χ4n) is 2.70. The van der Waals surface area contributed by atoms with E-state index < -0.39 is 31.9 Å². The number of esters is 1. The Morgan fingerprint density at radius 3 is 2.61 bits per heavy atom. The molecule has 2 aromatic rings. The molecule has 1 aliphatic rings. The second kappa shape index (κ2) is 7.72. The quantitative estimate of drug-likeness (QED) is 0.627. The van der Waals surface area contributed by atoms with Crippen molar-refractivity contribution >= 4 is 42.9 Å². The number of sulfone groups is 1. The molecule has 152 valence electrons. The molecule has 2 heterocycles. The zero-order valence-electron chi connectivity index (χ0n) is 15.2. The van der Waals surface area contributed by atoms with Gasteiger partial charge in [-0.3, -0.25) is 4.31 Å². The van der Waals surface area contributed by atoms with E-state index in [1.165, 1.54) is 31.2 Å². The van der Waals surface area contributed by atoms with Gasteiger partial charge in [-0.15, -0.1) is 11.3 Å². The minimum absolute atomic E-state index is 0.0154. The number of hydrogen-bond acceptors (Lipinski definition) is 8. The van der Waals surface area contributed by atoms with Crippen LogP contribution in [0.3, 0.4) is 0 Å². The highest BCUT2D eigenvalue weighted by Gasteiger charge is 2.39. The summed E-state index contributed by atoms with van der Waals surface area (Å²) in [5.41, 5.74) is 0.0727. The van der Waals surface area contributed by atoms with E-state index in [0.717, 1.165) is 15.6 Å². The summed E-state index contributed by atoms with van der Waals surface area (Å²) >= 11 is 1.03. The van der Waals surface area contributed by atoms with Crippen LogP contribution >= 0.6 is 11.3 Å². The fraction of sp³-hybridized carbons (Fsp3) is 0.353. The third-order valence-electron chi connectivity index (χ3n) is 4.13. The van der Waals surface area contributed by atoms with Crippen LogP contribution in [0.5, 0.6) is 5.75 Å². The summed E-state index contributed by atoms with van der Waals surface area (Å²) in [6.45, 7) is 2.94. The Bertz CT molecular complexity index is 1080. The maximum Gasteiger partial charge on any atom is 0.349 e. The van der Waals surface area contributed by atoms with Crippen molar-refractivity contribution in [3.05, 3.63) is 35.7 Å². The van der Waals surface area contributed by atoms with Crippen LogP contribution < -0.4 is 9.04 Å². The summed E-state index contributed by atoms with van der Waals surface area (Å²) in [5.74, 6) is -0.722. The molecule has 1 atom stereocenters. The lowest BCUT2D eigenvalue weighted by atomic mass is 10.2. The first-order valence-electron chi connectivity index (χ1n) is 8.47. The van der Waals surface area contributed by atoms with Crippen LogP contribution in [-0.4, -0.2) is 47.8 Å². The Labute approximate surface area is 167 Å². The topological polar surface area (TPSA) is 107 Å². The molecule has 3 rings (SSSR count). The molecule has 0 spiro atoms. The molecule has 0 N–H and O–H groups in total. The van der Waals surface area contributed by atoms with Gasteiger partial charge in [0.2, 0.25) is 6.10 Å². The minimum atomic E-state index is -4.01. The van der Waals surface area contributed by atoms with Crippen LogP contribution in [0.4, 0.5) is 5.69 Å². The van der Waals surface area contributed by atoms with E-state index in [1.807, 2.05) is 0 Å². The van der Waals surface area contributed by atoms with Gasteiger partial charge in [0.25, 0.3) is 10.0 Å². The second-order valence-corrected chi connectivity index (χ2v) is 11.2. The molecule has 0 saturated heterocycles. The largest absolute Gasteiger partial charge is 0.475 e. The van der Waals surface area contributed by atoms with Crippen LogP contribution in [0.2, 0.25) is 0 Å². The van der Waals surface area contributed by atoms with Crippen LogP contribution in [0.1, 0.15) is 13.8 Å². The highest BCUT2D eigenvalue weighted by Crippen LogP contribution is 2.39. The van der Waals surface area contributed by atoms with Crippen LogP contribution in [-0.2, 0) is 29.4 Å². The number of anilines is 1. The van der Waals surface area contributed by atoms with E-state index in [-0.39, 0.29) is 39.4 Å². The van der Waals surface area contributed by atoms with Gasteiger partial charge in [0.15, 0.2) is 9.84 Å². The van der Waals surface area contributed by atoms with Gasteiger partial charge in [-0.05, 0) is 36.6 Å². The van der Waals surface area contributed by atoms with Gasteiger partial charge in [0.05, 0.1) is 29.5 Å². The van der Waals surface area contributed by atoms with Crippen molar-refractivity contribution in [2.45, 2.75) is 29.1 Å². The maximum atomic E-state index is 13.1. The van der Waals surface area contributed by atoms with Crippen LogP contribution in [0, 0.1) is 0 Å². The van der Waals surface area contributed by atoms with Gasteiger partial charge in [-0.25, -0.2) is 21.6 Å². The average Bonchev–Trinajstić information content (AvgIpc) is 3.22. The standard InChI is InChI=1S/C17H19NO7S3/c1-3-24-17(19)15-11-18(28(22,23)16-6-5-9-26-16)13-10-12(27(20,21)4-2)7-8-14(13)25-15/h5-10,15H,3-4,11H2,1-2H3/t15-/m0/s1. The van der Waals surface area contributed by atoms with E-state index in [4.69, 9.17) is 9.47 Å². The number of ether oxygens (including phenoxy) is 2. The normalized spacial score (nSPS) is 16.9. The number of carbonyl (C=O) groups excluding carboxylic acids is 1. The van der Waals surface area contributed by atoms with Gasteiger partial charge >= 0.3 is 5.97 Å². The second-order valence-electron chi connectivity index (χ2n) is 5.86. The molecule has 0 radical (unpaired) electrons. The molecule has 0 amide bonds. The number of nitrogens with zero attached hydrogens (tertiary/aromatic N) is 1. The average molecular weight is 446 g/mol. The molecule has 0 aliphatic carbocycles. The molecule has 1 aliphatic heterocycles. The highest BCUT2D eigenvalue weighted by atomic mass is 32.2. The smallest absolute Gasteiger partial charge is 0.349 e. The minimum Gasteiger partial charge on any atom is -0.475 e. The van der Waals surface area contributed by atoms with Gasteiger partial charge in [-0.1, -0.05) is 13.0 Å². The van der Waals surface area contributed by atoms with Gasteiger partial charge < -0.3 is 9.47 Å². The van der Waals surface area contributed by atoms with E-state index in [0.29, 0.717) is 0 Å². The highest BCUT2D eigenvalue weighted by molar-refractivity contribution is 7.94. The summed E-state index contributed by atoms with van der Waals surface area (Å²) in [6, 6.07) is 7.00. The number of hydrogen-bond donors (Lipinski definition) is 0. The van der Waals surface area contributed by atoms with Crippen molar-refractivity contribution in [2.24, 2.45) is 0 Å². The lowest BCUT2D eigenvalue weighted by molar-refractivity contribution is -0.151. The number of rotatable bonds is 6. The van der Waals surface area contributed by atoms with Crippen molar-refractivity contribution in [3.63, 3.8) is 0 Å². The van der Waals surface area contributed by atoms with Crippen molar-refractivity contribution in [2.75, 3.05) is 23.2 Å². The number of fused-ring (bicyclic) bond motifs is 1.